The standard InChI is InChI=1S/C15H22N2O/c1-10(2)9-16-15(18)13-8-11(3)17-14-7-5-4-6-12(13)14/h4-7,10-11,13,17H,8-9H2,1-3H3,(H,16,18). The summed E-state index contributed by atoms with van der Waals surface area (Å²) in [5.41, 5.74) is 2.22. The number of hydrogen-bond donors (Lipinski definition) is 2. The second-order valence-electron chi connectivity index (χ2n) is 5.56. The predicted octanol–water partition coefficient (Wildman–Crippen LogP) is 2.75. The number of rotatable bonds is 3. The molecule has 3 heteroatoms. The van der Waals surface area contributed by atoms with Gasteiger partial charge in [0.15, 0.2) is 0 Å². The molecule has 1 heterocycles. The fraction of sp³-hybridized carbons (Fsp3) is 0.533. The maximum Gasteiger partial charge on any atom is 0.227 e. The molecule has 1 aliphatic heterocycles. The predicted molar refractivity (Wildman–Crippen MR) is 74.7 cm³/mol. The van der Waals surface area contributed by atoms with Gasteiger partial charge in [-0.1, -0.05) is 32.0 Å². The molecular weight excluding hydrogens is 224 g/mol. The first kappa shape index (κ1) is 12.9. The first-order chi connectivity index (χ1) is 8.58. The fourth-order valence-corrected chi connectivity index (χ4v) is 2.41. The summed E-state index contributed by atoms with van der Waals surface area (Å²) in [6.07, 6.45) is 0.862. The van der Waals surface area contributed by atoms with Crippen LogP contribution in [0.3, 0.4) is 0 Å². The summed E-state index contributed by atoms with van der Waals surface area (Å²) in [4.78, 5) is 12.3. The third kappa shape index (κ3) is 2.84. The molecule has 0 fully saturated rings. The highest BCUT2D eigenvalue weighted by Crippen LogP contribution is 2.34. The Balaban J connectivity index is 2.15. The molecule has 2 N–H and O–H groups in total. The van der Waals surface area contributed by atoms with Crippen molar-refractivity contribution in [2.45, 2.75) is 39.2 Å². The van der Waals surface area contributed by atoms with Crippen molar-refractivity contribution < 1.29 is 4.79 Å². The number of carbonyl (C=O) groups is 1. The number of para-hydroxylation sites is 1. The highest BCUT2D eigenvalue weighted by atomic mass is 16.1. The van der Waals surface area contributed by atoms with Gasteiger partial charge in [0.1, 0.15) is 0 Å². The van der Waals surface area contributed by atoms with E-state index in [4.69, 9.17) is 0 Å². The van der Waals surface area contributed by atoms with Gasteiger partial charge in [0.25, 0.3) is 0 Å². The van der Waals surface area contributed by atoms with Crippen molar-refractivity contribution in [2.24, 2.45) is 5.92 Å². The van der Waals surface area contributed by atoms with Gasteiger partial charge >= 0.3 is 0 Å². The van der Waals surface area contributed by atoms with E-state index >= 15 is 0 Å². The maximum atomic E-state index is 12.3. The Morgan fingerprint density at radius 3 is 2.89 bits per heavy atom. The molecule has 0 bridgehead atoms. The molecular formula is C15H22N2O. The number of carbonyl (C=O) groups excluding carboxylic acids is 1. The first-order valence-electron chi connectivity index (χ1n) is 6.71. The lowest BCUT2D eigenvalue weighted by Gasteiger charge is -2.30. The summed E-state index contributed by atoms with van der Waals surface area (Å²) >= 11 is 0. The van der Waals surface area contributed by atoms with Gasteiger partial charge in [-0.25, -0.2) is 0 Å². The Bertz CT molecular complexity index is 428. The normalized spacial score (nSPS) is 22.2. The summed E-state index contributed by atoms with van der Waals surface area (Å²) in [6, 6.07) is 8.45. The quantitative estimate of drug-likeness (QED) is 0.861. The second-order valence-corrected chi connectivity index (χ2v) is 5.56. The van der Waals surface area contributed by atoms with Crippen LogP contribution in [-0.2, 0) is 4.79 Å². The molecule has 0 aromatic heterocycles. The molecule has 2 rings (SSSR count). The number of fused-ring (bicyclic) bond motifs is 1. The van der Waals surface area contributed by atoms with E-state index in [0.29, 0.717) is 12.0 Å². The van der Waals surface area contributed by atoms with E-state index in [9.17, 15) is 4.79 Å². The van der Waals surface area contributed by atoms with Crippen molar-refractivity contribution in [1.82, 2.24) is 5.32 Å². The second kappa shape index (κ2) is 5.42. The van der Waals surface area contributed by atoms with Crippen LogP contribution in [0.25, 0.3) is 0 Å². The van der Waals surface area contributed by atoms with E-state index < -0.39 is 0 Å². The largest absolute Gasteiger partial charge is 0.382 e. The average Bonchev–Trinajstić information content (AvgIpc) is 2.34. The maximum absolute atomic E-state index is 12.3. The lowest BCUT2D eigenvalue weighted by atomic mass is 9.87. The van der Waals surface area contributed by atoms with Gasteiger partial charge in [0.2, 0.25) is 5.91 Å². The average molecular weight is 246 g/mol. The van der Waals surface area contributed by atoms with Gasteiger partial charge in [-0.15, -0.1) is 0 Å². The molecule has 1 aliphatic rings. The molecule has 0 aliphatic carbocycles. The number of nitrogens with one attached hydrogen (secondary N) is 2. The topological polar surface area (TPSA) is 41.1 Å². The Morgan fingerprint density at radius 2 is 2.17 bits per heavy atom. The van der Waals surface area contributed by atoms with Gasteiger partial charge in [-0.05, 0) is 30.9 Å². The number of anilines is 1. The molecule has 2 atom stereocenters. The summed E-state index contributed by atoms with van der Waals surface area (Å²) in [5.74, 6) is 0.629. The SMILES string of the molecule is CC(C)CNC(=O)C1CC(C)Nc2ccccc21. The van der Waals surface area contributed by atoms with Gasteiger partial charge in [-0.3, -0.25) is 4.79 Å². The number of hydrogen-bond acceptors (Lipinski definition) is 2. The van der Waals surface area contributed by atoms with E-state index in [2.05, 4.69) is 31.4 Å². The Labute approximate surface area is 109 Å². The fourth-order valence-electron chi connectivity index (χ4n) is 2.41. The molecule has 0 saturated heterocycles. The van der Waals surface area contributed by atoms with E-state index in [0.717, 1.165) is 24.2 Å². The van der Waals surface area contributed by atoms with Crippen LogP contribution in [0.2, 0.25) is 0 Å². The minimum atomic E-state index is -0.0174. The Kier molecular flexibility index (Phi) is 3.90. The van der Waals surface area contributed by atoms with Crippen LogP contribution in [0.15, 0.2) is 24.3 Å². The van der Waals surface area contributed by atoms with Crippen LogP contribution in [0.4, 0.5) is 5.69 Å². The molecule has 0 spiro atoms. The smallest absolute Gasteiger partial charge is 0.227 e. The van der Waals surface area contributed by atoms with Crippen LogP contribution >= 0.6 is 0 Å². The molecule has 0 saturated carbocycles. The van der Waals surface area contributed by atoms with Crippen molar-refractivity contribution in [1.29, 1.82) is 0 Å². The zero-order valence-corrected chi connectivity index (χ0v) is 11.4. The van der Waals surface area contributed by atoms with Crippen LogP contribution in [0, 0.1) is 5.92 Å². The number of amides is 1. The molecule has 1 amide bonds. The van der Waals surface area contributed by atoms with Gasteiger partial charge in [-0.2, -0.15) is 0 Å². The van der Waals surface area contributed by atoms with E-state index in [1.165, 1.54) is 0 Å². The molecule has 1 aromatic carbocycles. The summed E-state index contributed by atoms with van der Waals surface area (Å²) < 4.78 is 0. The van der Waals surface area contributed by atoms with E-state index in [1.54, 1.807) is 0 Å². The molecule has 98 valence electrons. The Morgan fingerprint density at radius 1 is 1.44 bits per heavy atom. The summed E-state index contributed by atoms with van der Waals surface area (Å²) in [5, 5.41) is 6.48. The highest BCUT2D eigenvalue weighted by Gasteiger charge is 2.29. The minimum absolute atomic E-state index is 0.0174. The number of benzene rings is 1. The zero-order valence-electron chi connectivity index (χ0n) is 11.4. The van der Waals surface area contributed by atoms with Gasteiger partial charge < -0.3 is 10.6 Å². The van der Waals surface area contributed by atoms with E-state index in [-0.39, 0.29) is 11.8 Å². The van der Waals surface area contributed by atoms with Crippen molar-refractivity contribution in [3.8, 4) is 0 Å². The van der Waals surface area contributed by atoms with Crippen molar-refractivity contribution >= 4 is 11.6 Å². The lowest BCUT2D eigenvalue weighted by molar-refractivity contribution is -0.123. The van der Waals surface area contributed by atoms with Crippen molar-refractivity contribution in [2.75, 3.05) is 11.9 Å². The van der Waals surface area contributed by atoms with Crippen molar-refractivity contribution in [3.63, 3.8) is 0 Å². The van der Waals surface area contributed by atoms with Crippen LogP contribution in [0.5, 0.6) is 0 Å². The zero-order chi connectivity index (χ0) is 13.1. The van der Waals surface area contributed by atoms with Gasteiger partial charge in [0.05, 0.1) is 5.92 Å². The van der Waals surface area contributed by atoms with E-state index in [1.807, 2.05) is 24.3 Å². The minimum Gasteiger partial charge on any atom is -0.382 e. The summed E-state index contributed by atoms with van der Waals surface area (Å²) in [6.45, 7) is 7.09. The Hall–Kier alpha value is -1.51. The van der Waals surface area contributed by atoms with Crippen LogP contribution < -0.4 is 10.6 Å². The molecule has 18 heavy (non-hydrogen) atoms. The van der Waals surface area contributed by atoms with Crippen molar-refractivity contribution in [3.05, 3.63) is 29.8 Å². The molecule has 3 nitrogen and oxygen atoms in total. The summed E-state index contributed by atoms with van der Waals surface area (Å²) in [7, 11) is 0. The molecule has 2 unspecified atom stereocenters. The third-order valence-corrected chi connectivity index (χ3v) is 3.33. The van der Waals surface area contributed by atoms with Gasteiger partial charge in [0, 0.05) is 18.3 Å². The first-order valence-corrected chi connectivity index (χ1v) is 6.71. The van der Waals surface area contributed by atoms with Crippen LogP contribution in [-0.4, -0.2) is 18.5 Å². The monoisotopic (exact) mass is 246 g/mol. The third-order valence-electron chi connectivity index (χ3n) is 3.33. The molecule has 0 radical (unpaired) electrons. The molecule has 1 aromatic rings. The highest BCUT2D eigenvalue weighted by molar-refractivity contribution is 5.86. The van der Waals surface area contributed by atoms with Crippen LogP contribution in [0.1, 0.15) is 38.7 Å². The lowest BCUT2D eigenvalue weighted by Crippen LogP contribution is -2.37.